The van der Waals surface area contributed by atoms with Crippen LogP contribution in [0.1, 0.15) is 29.2 Å². The number of aromatic carboxylic acids is 1. The van der Waals surface area contributed by atoms with E-state index in [0.29, 0.717) is 22.7 Å². The minimum atomic E-state index is -1.03. The summed E-state index contributed by atoms with van der Waals surface area (Å²) in [5, 5.41) is 24.3. The van der Waals surface area contributed by atoms with Gasteiger partial charge in [-0.1, -0.05) is 30.0 Å². The van der Waals surface area contributed by atoms with E-state index in [1.165, 1.54) is 23.9 Å². The maximum atomic E-state index is 12.2. The molecule has 2 aromatic rings. The van der Waals surface area contributed by atoms with E-state index in [1.807, 2.05) is 4.68 Å². The fraction of sp³-hybridized carbons (Fsp3) is 0.353. The molecule has 134 valence electrons. The predicted octanol–water partition coefficient (Wildman–Crippen LogP) is 2.24. The van der Waals surface area contributed by atoms with Gasteiger partial charge in [-0.15, -0.1) is 5.10 Å². The molecule has 1 fully saturated rings. The number of rotatable bonds is 6. The summed E-state index contributed by atoms with van der Waals surface area (Å²) in [7, 11) is 0. The highest BCUT2D eigenvalue weighted by Gasteiger charge is 2.38. The summed E-state index contributed by atoms with van der Waals surface area (Å²) in [5.41, 5.74) is 0.581. The molecule has 0 unspecified atom stereocenters. The third kappa shape index (κ3) is 3.34. The number of anilines is 1. The lowest BCUT2D eigenvalue weighted by Gasteiger charge is -2.18. The fourth-order valence-corrected chi connectivity index (χ4v) is 4.31. The molecule has 2 bridgehead atoms. The number of amides is 1. The van der Waals surface area contributed by atoms with Crippen LogP contribution >= 0.6 is 11.8 Å². The van der Waals surface area contributed by atoms with Crippen molar-refractivity contribution in [1.82, 2.24) is 20.2 Å². The number of carbonyl (C=O) groups excluding carboxylic acids is 1. The Kier molecular flexibility index (Phi) is 4.46. The van der Waals surface area contributed by atoms with Gasteiger partial charge in [-0.25, -0.2) is 9.48 Å². The van der Waals surface area contributed by atoms with Crippen LogP contribution in [-0.4, -0.2) is 42.9 Å². The molecule has 26 heavy (non-hydrogen) atoms. The van der Waals surface area contributed by atoms with Gasteiger partial charge in [0, 0.05) is 5.69 Å². The van der Waals surface area contributed by atoms with Gasteiger partial charge in [0.25, 0.3) is 0 Å². The molecule has 1 aromatic heterocycles. The van der Waals surface area contributed by atoms with Crippen molar-refractivity contribution >= 4 is 29.3 Å². The molecule has 0 saturated heterocycles. The molecule has 0 radical (unpaired) electrons. The highest BCUT2D eigenvalue weighted by Crippen LogP contribution is 2.46. The molecule has 3 atom stereocenters. The van der Waals surface area contributed by atoms with Crippen LogP contribution < -0.4 is 5.32 Å². The van der Waals surface area contributed by atoms with Gasteiger partial charge in [0.15, 0.2) is 0 Å². The second-order valence-electron chi connectivity index (χ2n) is 6.48. The van der Waals surface area contributed by atoms with Gasteiger partial charge in [-0.2, -0.15) is 0 Å². The Morgan fingerprint density at radius 3 is 2.92 bits per heavy atom. The van der Waals surface area contributed by atoms with E-state index in [2.05, 4.69) is 33.0 Å². The van der Waals surface area contributed by atoms with Gasteiger partial charge in [0.1, 0.15) is 0 Å². The summed E-state index contributed by atoms with van der Waals surface area (Å²) in [6.45, 7) is 0. The third-order valence-corrected chi connectivity index (χ3v) is 5.68. The van der Waals surface area contributed by atoms with Crippen LogP contribution in [0.25, 0.3) is 0 Å². The number of thioether (sulfide) groups is 1. The molecular formula is C17H17N5O3S. The molecular weight excluding hydrogens is 354 g/mol. The summed E-state index contributed by atoms with van der Waals surface area (Å²) < 4.78 is 1.83. The second kappa shape index (κ2) is 6.91. The lowest BCUT2D eigenvalue weighted by atomic mass is 10.0. The van der Waals surface area contributed by atoms with Crippen LogP contribution in [0.5, 0.6) is 0 Å². The first-order chi connectivity index (χ1) is 12.6. The normalized spacial score (nSPS) is 23.3. The molecule has 1 amide bonds. The van der Waals surface area contributed by atoms with Gasteiger partial charge in [-0.05, 0) is 53.3 Å². The van der Waals surface area contributed by atoms with Gasteiger partial charge < -0.3 is 10.4 Å². The number of carboxylic acids is 1. The van der Waals surface area contributed by atoms with E-state index in [-0.39, 0.29) is 23.3 Å². The fourth-order valence-electron chi connectivity index (χ4n) is 3.58. The first-order valence-electron chi connectivity index (χ1n) is 8.32. The molecule has 2 aliphatic carbocycles. The van der Waals surface area contributed by atoms with Crippen LogP contribution in [0.15, 0.2) is 41.6 Å². The van der Waals surface area contributed by atoms with Crippen LogP contribution in [0, 0.1) is 11.8 Å². The van der Waals surface area contributed by atoms with Crippen molar-refractivity contribution in [2.45, 2.75) is 24.0 Å². The minimum absolute atomic E-state index is 0.128. The van der Waals surface area contributed by atoms with Gasteiger partial charge in [-0.3, -0.25) is 4.79 Å². The summed E-state index contributed by atoms with van der Waals surface area (Å²) in [6, 6.07) is 6.41. The number of carboxylic acid groups (broad SMARTS) is 1. The maximum Gasteiger partial charge on any atom is 0.335 e. The van der Waals surface area contributed by atoms with Gasteiger partial charge in [0.05, 0.1) is 17.4 Å². The number of benzene rings is 1. The number of nitrogens with zero attached hydrogens (tertiary/aromatic N) is 4. The molecule has 1 aromatic carbocycles. The molecule has 4 rings (SSSR count). The highest BCUT2D eigenvalue weighted by atomic mass is 32.2. The monoisotopic (exact) mass is 371 g/mol. The van der Waals surface area contributed by atoms with E-state index in [1.54, 1.807) is 12.1 Å². The number of allylic oxidation sites excluding steroid dienone is 2. The minimum Gasteiger partial charge on any atom is -0.478 e. The van der Waals surface area contributed by atoms with Gasteiger partial charge >= 0.3 is 5.97 Å². The second-order valence-corrected chi connectivity index (χ2v) is 7.42. The standard InChI is InChI=1S/C17H17N5O3S/c23-15(18-13-3-1-2-12(8-13)16(24)25)9-26-17-19-20-21-22(17)14-7-10-4-5-11(14)6-10/h1-5,8,10-11,14H,6-7,9H2,(H,18,23)(H,24,25)/t10-,11+,14+/m1/s1. The van der Waals surface area contributed by atoms with Crippen molar-refractivity contribution in [3.63, 3.8) is 0 Å². The number of nitrogens with one attached hydrogen (secondary N) is 1. The zero-order valence-corrected chi connectivity index (χ0v) is 14.6. The van der Waals surface area contributed by atoms with Crippen molar-refractivity contribution in [1.29, 1.82) is 0 Å². The van der Waals surface area contributed by atoms with Crippen LogP contribution in [0.2, 0.25) is 0 Å². The smallest absolute Gasteiger partial charge is 0.335 e. The zero-order valence-electron chi connectivity index (χ0n) is 13.8. The van der Waals surface area contributed by atoms with Crippen molar-refractivity contribution in [3.05, 3.63) is 42.0 Å². The van der Waals surface area contributed by atoms with Crippen molar-refractivity contribution < 1.29 is 14.7 Å². The van der Waals surface area contributed by atoms with Crippen molar-refractivity contribution in [3.8, 4) is 0 Å². The summed E-state index contributed by atoms with van der Waals surface area (Å²) in [4.78, 5) is 23.2. The first kappa shape index (κ1) is 16.8. The quantitative estimate of drug-likeness (QED) is 0.592. The maximum absolute atomic E-state index is 12.2. The molecule has 8 nitrogen and oxygen atoms in total. The number of hydrogen-bond donors (Lipinski definition) is 2. The number of carbonyl (C=O) groups is 2. The largest absolute Gasteiger partial charge is 0.478 e. The topological polar surface area (TPSA) is 110 Å². The van der Waals surface area contributed by atoms with Crippen LogP contribution in [0.3, 0.4) is 0 Å². The molecule has 0 spiro atoms. The molecule has 9 heteroatoms. The summed E-state index contributed by atoms with van der Waals surface area (Å²) in [5.74, 6) is -0.0456. The van der Waals surface area contributed by atoms with E-state index < -0.39 is 5.97 Å². The Morgan fingerprint density at radius 2 is 2.19 bits per heavy atom. The molecule has 2 aliphatic rings. The predicted molar refractivity (Wildman–Crippen MR) is 95.0 cm³/mol. The van der Waals surface area contributed by atoms with E-state index in [0.717, 1.165) is 12.8 Å². The summed E-state index contributed by atoms with van der Waals surface area (Å²) >= 11 is 1.28. The first-order valence-corrected chi connectivity index (χ1v) is 9.31. The molecule has 0 aliphatic heterocycles. The number of tetrazole rings is 1. The van der Waals surface area contributed by atoms with E-state index >= 15 is 0 Å². The lowest BCUT2D eigenvalue weighted by molar-refractivity contribution is -0.113. The average molecular weight is 371 g/mol. The van der Waals surface area contributed by atoms with Gasteiger partial charge in [0.2, 0.25) is 11.1 Å². The van der Waals surface area contributed by atoms with E-state index in [9.17, 15) is 9.59 Å². The average Bonchev–Trinajstić information content (AvgIpc) is 3.36. The zero-order chi connectivity index (χ0) is 18.1. The Bertz CT molecular complexity index is 881. The molecule has 2 N–H and O–H groups in total. The van der Waals surface area contributed by atoms with E-state index in [4.69, 9.17) is 5.11 Å². The molecule has 1 heterocycles. The van der Waals surface area contributed by atoms with Crippen LogP contribution in [-0.2, 0) is 4.79 Å². The Balaban J connectivity index is 1.37. The third-order valence-electron chi connectivity index (χ3n) is 4.75. The summed E-state index contributed by atoms with van der Waals surface area (Å²) in [6.07, 6.45) is 6.68. The number of hydrogen-bond acceptors (Lipinski definition) is 6. The number of aromatic nitrogens is 4. The Morgan fingerprint density at radius 1 is 1.31 bits per heavy atom. The van der Waals surface area contributed by atoms with Crippen LogP contribution in [0.4, 0.5) is 5.69 Å². The Labute approximate surface area is 153 Å². The SMILES string of the molecule is O=C(CSc1nnnn1[C@H]1C[C@@H]2C=C[C@H]1C2)Nc1cccc(C(=O)O)c1. The van der Waals surface area contributed by atoms with Crippen molar-refractivity contribution in [2.24, 2.45) is 11.8 Å². The lowest BCUT2D eigenvalue weighted by Crippen LogP contribution is -2.18. The molecule has 1 saturated carbocycles. The highest BCUT2D eigenvalue weighted by molar-refractivity contribution is 7.99. The van der Waals surface area contributed by atoms with Crippen molar-refractivity contribution in [2.75, 3.05) is 11.1 Å². The number of fused-ring (bicyclic) bond motifs is 2. The Hall–Kier alpha value is -2.68.